The molecule has 0 bridgehead atoms. The van der Waals surface area contributed by atoms with Gasteiger partial charge in [-0.2, -0.15) is 0 Å². The van der Waals surface area contributed by atoms with Crippen LogP contribution in [0.15, 0.2) is 22.3 Å². The van der Waals surface area contributed by atoms with Crippen LogP contribution in [0.1, 0.15) is 13.8 Å². The molecule has 0 atom stereocenters. The fourth-order valence-corrected chi connectivity index (χ4v) is 0.295. The van der Waals surface area contributed by atoms with Crippen LogP contribution >= 0.6 is 0 Å². The minimum absolute atomic E-state index is 0.938. The summed E-state index contributed by atoms with van der Waals surface area (Å²) in [4.78, 5) is 7.82. The van der Waals surface area contributed by atoms with Gasteiger partial charge in [0.05, 0.1) is 0 Å². The summed E-state index contributed by atoms with van der Waals surface area (Å²) in [5, 5.41) is 0. The minimum atomic E-state index is 0.938. The monoisotopic (exact) mass is 124 g/mol. The van der Waals surface area contributed by atoms with E-state index in [1.807, 2.05) is 19.9 Å². The van der Waals surface area contributed by atoms with Crippen LogP contribution in [-0.4, -0.2) is 19.0 Å². The van der Waals surface area contributed by atoms with E-state index < -0.39 is 0 Å². The third-order valence-electron chi connectivity index (χ3n) is 0.849. The van der Waals surface area contributed by atoms with Crippen molar-refractivity contribution in [3.8, 4) is 0 Å². The highest BCUT2D eigenvalue weighted by Crippen LogP contribution is 1.73. The van der Waals surface area contributed by atoms with Crippen molar-refractivity contribution >= 4 is 11.9 Å². The normalized spacial score (nSPS) is 13.9. The predicted octanol–water partition coefficient (Wildman–Crippen LogP) is 1.68. The Bertz CT molecular complexity index is 143. The molecule has 0 rings (SSSR count). The van der Waals surface area contributed by atoms with Gasteiger partial charge in [0.15, 0.2) is 0 Å². The van der Waals surface area contributed by atoms with Gasteiger partial charge < -0.3 is 0 Å². The predicted molar refractivity (Wildman–Crippen MR) is 42.3 cm³/mol. The molecule has 0 saturated heterocycles. The van der Waals surface area contributed by atoms with Crippen LogP contribution < -0.4 is 0 Å². The molecular weight excluding hydrogens is 112 g/mol. The van der Waals surface area contributed by atoms with Crippen molar-refractivity contribution in [3.63, 3.8) is 0 Å². The van der Waals surface area contributed by atoms with Crippen LogP contribution in [0.3, 0.4) is 0 Å². The van der Waals surface area contributed by atoms with E-state index >= 15 is 0 Å². The maximum atomic E-state index is 3.92. The van der Waals surface area contributed by atoms with Crippen molar-refractivity contribution < 1.29 is 0 Å². The second-order valence-corrected chi connectivity index (χ2v) is 1.63. The molecule has 0 aromatic heterocycles. The van der Waals surface area contributed by atoms with Crippen molar-refractivity contribution in [2.75, 3.05) is 7.05 Å². The molecule has 0 aromatic carbocycles. The van der Waals surface area contributed by atoms with Crippen molar-refractivity contribution in [1.29, 1.82) is 0 Å². The molecular formula is C7H12N2. The van der Waals surface area contributed by atoms with Gasteiger partial charge in [-0.25, -0.2) is 0 Å². The van der Waals surface area contributed by atoms with Crippen LogP contribution in [0.2, 0.25) is 0 Å². The Labute approximate surface area is 56.0 Å². The maximum Gasteiger partial charge on any atom is 0.0496 e. The van der Waals surface area contributed by atoms with Crippen LogP contribution in [-0.2, 0) is 0 Å². The Morgan fingerprint density at radius 1 is 1.44 bits per heavy atom. The molecule has 50 valence electrons. The molecule has 0 aromatic rings. The molecule has 0 aliphatic heterocycles. The number of aliphatic imine (C=N–C) groups is 2. The summed E-state index contributed by atoms with van der Waals surface area (Å²) in [5.74, 6) is 0. The lowest BCUT2D eigenvalue weighted by atomic mass is 10.5. The smallest absolute Gasteiger partial charge is 0.0496 e. The van der Waals surface area contributed by atoms with Crippen LogP contribution in [0, 0.1) is 0 Å². The van der Waals surface area contributed by atoms with Crippen molar-refractivity contribution in [1.82, 2.24) is 0 Å². The molecule has 0 radical (unpaired) electrons. The zero-order chi connectivity index (χ0) is 7.11. The van der Waals surface area contributed by atoms with Gasteiger partial charge in [0.2, 0.25) is 0 Å². The van der Waals surface area contributed by atoms with Gasteiger partial charge in [-0.3, -0.25) is 9.98 Å². The molecule has 2 heteroatoms. The van der Waals surface area contributed by atoms with Crippen molar-refractivity contribution in [2.45, 2.75) is 13.8 Å². The molecule has 0 aliphatic rings. The second-order valence-electron chi connectivity index (χ2n) is 1.63. The largest absolute Gasteiger partial charge is 0.292 e. The Kier molecular flexibility index (Phi) is 4.69. The van der Waals surface area contributed by atoms with E-state index in [0.717, 1.165) is 5.71 Å². The molecule has 0 N–H and O–H groups in total. The fourth-order valence-electron chi connectivity index (χ4n) is 0.295. The van der Waals surface area contributed by atoms with E-state index in [-0.39, 0.29) is 0 Å². The Hall–Kier alpha value is -0.920. The topological polar surface area (TPSA) is 24.7 Å². The zero-order valence-electron chi connectivity index (χ0n) is 6.13. The first kappa shape index (κ1) is 8.08. The number of allylic oxidation sites excluding steroid dienone is 1. The summed E-state index contributed by atoms with van der Waals surface area (Å²) in [7, 11) is 1.75. The average molecular weight is 124 g/mol. The number of nitrogens with zero attached hydrogens (tertiary/aromatic N) is 2. The van der Waals surface area contributed by atoms with E-state index in [4.69, 9.17) is 0 Å². The van der Waals surface area contributed by atoms with E-state index in [0.29, 0.717) is 0 Å². The Morgan fingerprint density at radius 2 is 2.11 bits per heavy atom. The van der Waals surface area contributed by atoms with Gasteiger partial charge in [0, 0.05) is 25.2 Å². The highest BCUT2D eigenvalue weighted by atomic mass is 14.7. The average Bonchev–Trinajstić information content (AvgIpc) is 1.89. The Morgan fingerprint density at radius 3 is 2.56 bits per heavy atom. The molecule has 0 saturated carbocycles. The first-order valence-corrected chi connectivity index (χ1v) is 2.89. The van der Waals surface area contributed by atoms with Gasteiger partial charge in [0.1, 0.15) is 0 Å². The molecule has 0 heterocycles. The highest BCUT2D eigenvalue weighted by Gasteiger charge is 1.74. The van der Waals surface area contributed by atoms with Gasteiger partial charge in [-0.15, -0.1) is 0 Å². The molecule has 0 unspecified atom stereocenters. The van der Waals surface area contributed by atoms with Crippen LogP contribution in [0.5, 0.6) is 0 Å². The summed E-state index contributed by atoms with van der Waals surface area (Å²) in [6.45, 7) is 3.84. The summed E-state index contributed by atoms with van der Waals surface area (Å²) in [6.07, 6.45) is 5.33. The van der Waals surface area contributed by atoms with E-state index in [1.54, 1.807) is 19.5 Å². The lowest BCUT2D eigenvalue weighted by molar-refractivity contribution is 1.44. The summed E-state index contributed by atoms with van der Waals surface area (Å²) in [5.41, 5.74) is 0.938. The highest BCUT2D eigenvalue weighted by molar-refractivity contribution is 6.29. The van der Waals surface area contributed by atoms with Crippen LogP contribution in [0.25, 0.3) is 0 Å². The molecule has 0 aliphatic carbocycles. The Balaban J connectivity index is 3.71. The van der Waals surface area contributed by atoms with Crippen molar-refractivity contribution in [2.24, 2.45) is 9.98 Å². The van der Waals surface area contributed by atoms with Gasteiger partial charge in [-0.1, -0.05) is 6.08 Å². The van der Waals surface area contributed by atoms with E-state index in [1.165, 1.54) is 0 Å². The summed E-state index contributed by atoms with van der Waals surface area (Å²) >= 11 is 0. The van der Waals surface area contributed by atoms with E-state index in [2.05, 4.69) is 9.98 Å². The minimum Gasteiger partial charge on any atom is -0.292 e. The first-order valence-electron chi connectivity index (χ1n) is 2.89. The number of hydrogen-bond acceptors (Lipinski definition) is 2. The molecule has 9 heavy (non-hydrogen) atoms. The first-order chi connectivity index (χ1) is 4.31. The summed E-state index contributed by atoms with van der Waals surface area (Å²) < 4.78 is 0. The fraction of sp³-hybridized carbons (Fsp3) is 0.429. The maximum absolute atomic E-state index is 3.92. The third kappa shape index (κ3) is 4.94. The zero-order valence-corrected chi connectivity index (χ0v) is 6.13. The summed E-state index contributed by atoms with van der Waals surface area (Å²) in [6, 6.07) is 0. The number of rotatable bonds is 2. The molecule has 2 nitrogen and oxygen atoms in total. The third-order valence-corrected chi connectivity index (χ3v) is 0.849. The molecule has 0 amide bonds. The quantitative estimate of drug-likeness (QED) is 0.500. The second kappa shape index (κ2) is 5.22. The standard InChI is InChI=1S/C7H12N2/c1-4-5-9-6-7(2)8-3/h4-6H,1-3H3/b5-4+,8-7?,9-6?. The van der Waals surface area contributed by atoms with Gasteiger partial charge >= 0.3 is 0 Å². The van der Waals surface area contributed by atoms with Crippen molar-refractivity contribution in [3.05, 3.63) is 12.3 Å². The number of hydrogen-bond donors (Lipinski definition) is 0. The SMILES string of the molecule is C/C=C/N=CC(C)=NC. The van der Waals surface area contributed by atoms with Crippen LogP contribution in [0.4, 0.5) is 0 Å². The van der Waals surface area contributed by atoms with E-state index in [9.17, 15) is 0 Å². The molecule has 0 spiro atoms. The molecule has 0 fully saturated rings. The van der Waals surface area contributed by atoms with Gasteiger partial charge in [0.25, 0.3) is 0 Å². The lowest BCUT2D eigenvalue weighted by Gasteiger charge is -1.81. The lowest BCUT2D eigenvalue weighted by Crippen LogP contribution is -1.89. The van der Waals surface area contributed by atoms with Gasteiger partial charge in [-0.05, 0) is 13.8 Å².